The van der Waals surface area contributed by atoms with E-state index in [1.165, 1.54) is 0 Å². The lowest BCUT2D eigenvalue weighted by Crippen LogP contribution is -2.22. The number of benzene rings is 2. The fraction of sp³-hybridized carbons (Fsp3) is 0.133. The van der Waals surface area contributed by atoms with Gasteiger partial charge < -0.3 is 11.1 Å². The van der Waals surface area contributed by atoms with Crippen LogP contribution in [-0.4, -0.2) is 5.91 Å². The van der Waals surface area contributed by atoms with Crippen molar-refractivity contribution in [2.45, 2.75) is 13.1 Å². The molecule has 2 aromatic carbocycles. The maximum Gasteiger partial charge on any atom is 0.251 e. The van der Waals surface area contributed by atoms with Gasteiger partial charge in [0.1, 0.15) is 0 Å². The minimum absolute atomic E-state index is 0.0850. The smallest absolute Gasteiger partial charge is 0.251 e. The number of nitrogens with two attached hydrogens (primary N) is 1. The highest BCUT2D eigenvalue weighted by Gasteiger charge is 2.05. The molecule has 0 bridgehead atoms. The van der Waals surface area contributed by atoms with Crippen molar-refractivity contribution in [3.63, 3.8) is 0 Å². The Balaban J connectivity index is 1.99. The molecule has 2 rings (SSSR count). The summed E-state index contributed by atoms with van der Waals surface area (Å²) in [6.45, 7) is 0.951. The summed E-state index contributed by atoms with van der Waals surface area (Å²) in [5, 5.41) is 2.89. The lowest BCUT2D eigenvalue weighted by Gasteiger charge is -2.06. The van der Waals surface area contributed by atoms with E-state index in [-0.39, 0.29) is 5.91 Å². The van der Waals surface area contributed by atoms with Crippen molar-refractivity contribution < 1.29 is 4.79 Å². The van der Waals surface area contributed by atoms with E-state index in [2.05, 4.69) is 21.2 Å². The van der Waals surface area contributed by atoms with Crippen molar-refractivity contribution in [3.8, 4) is 0 Å². The van der Waals surface area contributed by atoms with E-state index in [9.17, 15) is 4.79 Å². The van der Waals surface area contributed by atoms with Gasteiger partial charge in [0, 0.05) is 23.1 Å². The third-order valence-corrected chi connectivity index (χ3v) is 3.32. The zero-order valence-corrected chi connectivity index (χ0v) is 12.0. The first-order chi connectivity index (χ1) is 9.19. The van der Waals surface area contributed by atoms with E-state index in [1.54, 1.807) is 6.07 Å². The van der Waals surface area contributed by atoms with E-state index in [0.717, 1.165) is 15.6 Å². The number of amides is 1. The Bertz CT molecular complexity index is 567. The highest BCUT2D eigenvalue weighted by molar-refractivity contribution is 9.10. The van der Waals surface area contributed by atoms with Crippen LogP contribution in [0.1, 0.15) is 21.5 Å². The van der Waals surface area contributed by atoms with Crippen LogP contribution in [-0.2, 0) is 13.1 Å². The molecule has 98 valence electrons. The number of carbonyl (C=O) groups is 1. The number of rotatable bonds is 4. The Labute approximate surface area is 121 Å². The van der Waals surface area contributed by atoms with Gasteiger partial charge in [0.15, 0.2) is 0 Å². The number of halogens is 1. The molecule has 19 heavy (non-hydrogen) atoms. The van der Waals surface area contributed by atoms with Crippen LogP contribution in [0.4, 0.5) is 0 Å². The maximum atomic E-state index is 12.0. The van der Waals surface area contributed by atoms with E-state index >= 15 is 0 Å². The first-order valence-corrected chi connectivity index (χ1v) is 6.80. The Morgan fingerprint density at radius 2 is 1.84 bits per heavy atom. The van der Waals surface area contributed by atoms with Crippen LogP contribution >= 0.6 is 15.9 Å². The summed E-state index contributed by atoms with van der Waals surface area (Å²) in [7, 11) is 0. The Morgan fingerprint density at radius 3 is 2.53 bits per heavy atom. The van der Waals surface area contributed by atoms with Crippen LogP contribution in [0.15, 0.2) is 53.0 Å². The van der Waals surface area contributed by atoms with Gasteiger partial charge in [0.25, 0.3) is 5.91 Å². The maximum absolute atomic E-state index is 12.0. The first kappa shape index (κ1) is 13.8. The molecule has 0 aliphatic heterocycles. The van der Waals surface area contributed by atoms with Gasteiger partial charge in [-0.05, 0) is 35.4 Å². The van der Waals surface area contributed by atoms with Gasteiger partial charge in [-0.2, -0.15) is 0 Å². The SMILES string of the molecule is NCc1cccc(C(=O)NCc2ccc(Br)cc2)c1. The molecule has 3 N–H and O–H groups in total. The molecule has 0 radical (unpaired) electrons. The highest BCUT2D eigenvalue weighted by atomic mass is 79.9. The molecule has 0 heterocycles. The van der Waals surface area contributed by atoms with Crippen LogP contribution in [0.2, 0.25) is 0 Å². The molecule has 1 amide bonds. The summed E-state index contributed by atoms with van der Waals surface area (Å²) in [5.41, 5.74) is 8.22. The number of carbonyl (C=O) groups excluding carboxylic acids is 1. The fourth-order valence-electron chi connectivity index (χ4n) is 1.73. The van der Waals surface area contributed by atoms with Crippen molar-refractivity contribution in [2.24, 2.45) is 5.73 Å². The van der Waals surface area contributed by atoms with E-state index in [1.807, 2.05) is 42.5 Å². The van der Waals surface area contributed by atoms with Gasteiger partial charge in [-0.15, -0.1) is 0 Å². The topological polar surface area (TPSA) is 55.1 Å². The van der Waals surface area contributed by atoms with Crippen LogP contribution in [0.25, 0.3) is 0 Å². The van der Waals surface area contributed by atoms with Crippen molar-refractivity contribution in [1.29, 1.82) is 0 Å². The predicted molar refractivity (Wildman–Crippen MR) is 79.6 cm³/mol. The van der Waals surface area contributed by atoms with Gasteiger partial charge in [0.05, 0.1) is 0 Å². The molecule has 0 aliphatic carbocycles. The lowest BCUT2D eigenvalue weighted by atomic mass is 10.1. The molecule has 0 fully saturated rings. The standard InChI is InChI=1S/C15H15BrN2O/c16-14-6-4-11(5-7-14)10-18-15(19)13-3-1-2-12(8-13)9-17/h1-8H,9-10,17H2,(H,18,19). The number of hydrogen-bond donors (Lipinski definition) is 2. The Hall–Kier alpha value is -1.65. The van der Waals surface area contributed by atoms with Crippen molar-refractivity contribution >= 4 is 21.8 Å². The molecule has 0 atom stereocenters. The van der Waals surface area contributed by atoms with Crippen LogP contribution in [0, 0.1) is 0 Å². The monoisotopic (exact) mass is 318 g/mol. The number of nitrogens with one attached hydrogen (secondary N) is 1. The van der Waals surface area contributed by atoms with Crippen LogP contribution in [0.5, 0.6) is 0 Å². The van der Waals surface area contributed by atoms with Gasteiger partial charge in [-0.1, -0.05) is 40.2 Å². The van der Waals surface area contributed by atoms with Crippen LogP contribution < -0.4 is 11.1 Å². The summed E-state index contributed by atoms with van der Waals surface area (Å²) in [5.74, 6) is -0.0850. The summed E-state index contributed by atoms with van der Waals surface area (Å²) < 4.78 is 1.03. The zero-order chi connectivity index (χ0) is 13.7. The molecular weight excluding hydrogens is 304 g/mol. The first-order valence-electron chi connectivity index (χ1n) is 6.00. The molecule has 3 nitrogen and oxygen atoms in total. The third kappa shape index (κ3) is 3.91. The van der Waals surface area contributed by atoms with Gasteiger partial charge in [0.2, 0.25) is 0 Å². The third-order valence-electron chi connectivity index (χ3n) is 2.79. The Morgan fingerprint density at radius 1 is 1.11 bits per heavy atom. The summed E-state index contributed by atoms with van der Waals surface area (Å²) in [4.78, 5) is 12.0. The molecule has 2 aromatic rings. The minimum Gasteiger partial charge on any atom is -0.348 e. The predicted octanol–water partition coefficient (Wildman–Crippen LogP) is 2.84. The highest BCUT2D eigenvalue weighted by Crippen LogP contribution is 2.10. The fourth-order valence-corrected chi connectivity index (χ4v) is 1.99. The van der Waals surface area contributed by atoms with Gasteiger partial charge >= 0.3 is 0 Å². The quantitative estimate of drug-likeness (QED) is 0.910. The molecule has 0 spiro atoms. The van der Waals surface area contributed by atoms with Crippen LogP contribution in [0.3, 0.4) is 0 Å². The molecule has 0 aromatic heterocycles. The lowest BCUT2D eigenvalue weighted by molar-refractivity contribution is 0.0951. The average molecular weight is 319 g/mol. The van der Waals surface area contributed by atoms with E-state index in [0.29, 0.717) is 18.7 Å². The van der Waals surface area contributed by atoms with E-state index in [4.69, 9.17) is 5.73 Å². The molecule has 0 saturated heterocycles. The molecule has 4 heteroatoms. The molecule has 0 aliphatic rings. The zero-order valence-electron chi connectivity index (χ0n) is 10.4. The minimum atomic E-state index is -0.0850. The second kappa shape index (κ2) is 6.50. The van der Waals surface area contributed by atoms with Crippen molar-refractivity contribution in [3.05, 3.63) is 69.7 Å². The second-order valence-corrected chi connectivity index (χ2v) is 5.13. The summed E-state index contributed by atoms with van der Waals surface area (Å²) in [6, 6.07) is 15.2. The van der Waals surface area contributed by atoms with E-state index < -0.39 is 0 Å². The normalized spacial score (nSPS) is 10.2. The average Bonchev–Trinajstić information content (AvgIpc) is 2.46. The van der Waals surface area contributed by atoms with Gasteiger partial charge in [-0.3, -0.25) is 4.79 Å². The molecule has 0 saturated carbocycles. The largest absolute Gasteiger partial charge is 0.348 e. The summed E-state index contributed by atoms with van der Waals surface area (Å²) >= 11 is 3.38. The molecule has 0 unspecified atom stereocenters. The second-order valence-electron chi connectivity index (χ2n) is 4.21. The van der Waals surface area contributed by atoms with Gasteiger partial charge in [-0.25, -0.2) is 0 Å². The van der Waals surface area contributed by atoms with Crippen molar-refractivity contribution in [1.82, 2.24) is 5.32 Å². The van der Waals surface area contributed by atoms with Crippen molar-refractivity contribution in [2.75, 3.05) is 0 Å². The Kier molecular flexibility index (Phi) is 4.71. The summed E-state index contributed by atoms with van der Waals surface area (Å²) in [6.07, 6.45) is 0. The molecular formula is C15H15BrN2O. The number of hydrogen-bond acceptors (Lipinski definition) is 2.